The van der Waals surface area contributed by atoms with Crippen LogP contribution in [0.15, 0.2) is 52.7 Å². The highest BCUT2D eigenvalue weighted by molar-refractivity contribution is 7.89. The Labute approximate surface area is 164 Å². The zero-order chi connectivity index (χ0) is 19.1. The average Bonchev–Trinajstić information content (AvgIpc) is 3.36. The van der Waals surface area contributed by atoms with Crippen LogP contribution >= 0.6 is 11.3 Å². The molecule has 1 aromatic heterocycles. The topological polar surface area (TPSA) is 75.7 Å². The van der Waals surface area contributed by atoms with Gasteiger partial charge in [-0.1, -0.05) is 24.3 Å². The van der Waals surface area contributed by atoms with Crippen molar-refractivity contribution in [2.45, 2.75) is 36.8 Å². The van der Waals surface area contributed by atoms with Crippen molar-refractivity contribution >= 4 is 27.3 Å². The third kappa shape index (κ3) is 5.87. The molecule has 0 aliphatic carbocycles. The van der Waals surface area contributed by atoms with Crippen molar-refractivity contribution < 1.29 is 17.9 Å². The molecule has 3 rings (SSSR count). The summed E-state index contributed by atoms with van der Waals surface area (Å²) in [7, 11) is -3.60. The fraction of sp³-hybridized carbons (Fsp3) is 0.421. The van der Waals surface area contributed by atoms with Crippen LogP contribution in [-0.4, -0.2) is 45.0 Å². The number of carbonyl (C=O) groups is 1. The molecule has 1 amide bonds. The van der Waals surface area contributed by atoms with Crippen molar-refractivity contribution in [1.29, 1.82) is 0 Å². The van der Waals surface area contributed by atoms with Gasteiger partial charge in [0.05, 0.1) is 17.5 Å². The molecule has 1 saturated heterocycles. The van der Waals surface area contributed by atoms with E-state index in [4.69, 9.17) is 4.74 Å². The number of sulfonamides is 1. The SMILES string of the molecule is O=C(CCNS(=O)(=O)c1ccccc1)N(Cc1cccs1)CC1CCCO1. The maximum atomic E-state index is 12.7. The first-order chi connectivity index (χ1) is 13.0. The molecule has 1 unspecified atom stereocenters. The maximum absolute atomic E-state index is 12.7. The van der Waals surface area contributed by atoms with Crippen LogP contribution in [0.3, 0.4) is 0 Å². The van der Waals surface area contributed by atoms with E-state index >= 15 is 0 Å². The molecule has 0 bridgehead atoms. The Hall–Kier alpha value is -1.74. The molecule has 1 aromatic carbocycles. The van der Waals surface area contributed by atoms with E-state index in [1.165, 1.54) is 12.1 Å². The van der Waals surface area contributed by atoms with Crippen LogP contribution in [0.5, 0.6) is 0 Å². The van der Waals surface area contributed by atoms with Gasteiger partial charge in [-0.25, -0.2) is 13.1 Å². The predicted octanol–water partition coefficient (Wildman–Crippen LogP) is 2.62. The summed E-state index contributed by atoms with van der Waals surface area (Å²) in [5.74, 6) is -0.0744. The zero-order valence-corrected chi connectivity index (χ0v) is 16.7. The van der Waals surface area contributed by atoms with E-state index < -0.39 is 10.0 Å². The summed E-state index contributed by atoms with van der Waals surface area (Å²) < 4.78 is 32.7. The first kappa shape index (κ1) is 20.0. The summed E-state index contributed by atoms with van der Waals surface area (Å²) in [4.78, 5) is 15.8. The summed E-state index contributed by atoms with van der Waals surface area (Å²) in [6.07, 6.45) is 2.15. The minimum atomic E-state index is -3.60. The lowest BCUT2D eigenvalue weighted by Gasteiger charge is -2.25. The second kappa shape index (κ2) is 9.45. The van der Waals surface area contributed by atoms with Gasteiger partial charge in [0.2, 0.25) is 15.9 Å². The number of thiophene rings is 1. The smallest absolute Gasteiger partial charge is 0.240 e. The Balaban J connectivity index is 1.56. The lowest BCUT2D eigenvalue weighted by molar-refractivity contribution is -0.133. The van der Waals surface area contributed by atoms with Crippen molar-refractivity contribution in [1.82, 2.24) is 9.62 Å². The van der Waals surface area contributed by atoms with Gasteiger partial charge in [-0.15, -0.1) is 11.3 Å². The number of ether oxygens (including phenoxy) is 1. The Morgan fingerprint density at radius 1 is 1.22 bits per heavy atom. The van der Waals surface area contributed by atoms with Crippen LogP contribution in [0.25, 0.3) is 0 Å². The van der Waals surface area contributed by atoms with Gasteiger partial charge in [0.25, 0.3) is 0 Å². The summed E-state index contributed by atoms with van der Waals surface area (Å²) in [6, 6.07) is 12.1. The molecule has 1 N–H and O–H groups in total. The van der Waals surface area contributed by atoms with E-state index in [2.05, 4.69) is 4.72 Å². The molecule has 1 atom stereocenters. The fourth-order valence-electron chi connectivity index (χ4n) is 3.01. The number of benzene rings is 1. The molecule has 0 radical (unpaired) electrons. The fourth-order valence-corrected chi connectivity index (χ4v) is 4.79. The maximum Gasteiger partial charge on any atom is 0.240 e. The van der Waals surface area contributed by atoms with E-state index in [1.807, 2.05) is 17.5 Å². The Bertz CT molecular complexity index is 817. The molecular weight excluding hydrogens is 384 g/mol. The number of hydrogen-bond acceptors (Lipinski definition) is 5. The summed E-state index contributed by atoms with van der Waals surface area (Å²) >= 11 is 1.61. The first-order valence-corrected chi connectivity index (χ1v) is 11.4. The number of hydrogen-bond donors (Lipinski definition) is 1. The lowest BCUT2D eigenvalue weighted by Crippen LogP contribution is -2.38. The normalized spacial score (nSPS) is 17.1. The van der Waals surface area contributed by atoms with Crippen LogP contribution < -0.4 is 4.72 Å². The second-order valence-corrected chi connectivity index (χ2v) is 9.25. The van der Waals surface area contributed by atoms with Crippen LogP contribution in [0.1, 0.15) is 24.1 Å². The minimum Gasteiger partial charge on any atom is -0.376 e. The molecule has 2 aromatic rings. The molecule has 1 fully saturated rings. The second-order valence-electron chi connectivity index (χ2n) is 6.45. The molecule has 6 nitrogen and oxygen atoms in total. The van der Waals surface area contributed by atoms with Gasteiger partial charge in [0, 0.05) is 31.0 Å². The molecule has 2 heterocycles. The third-order valence-corrected chi connectivity index (χ3v) is 6.75. The summed E-state index contributed by atoms with van der Waals surface area (Å²) in [5.41, 5.74) is 0. The van der Waals surface area contributed by atoms with Crippen molar-refractivity contribution in [3.05, 3.63) is 52.7 Å². The quantitative estimate of drug-likeness (QED) is 0.692. The Kier molecular flexibility index (Phi) is 7.01. The molecule has 0 spiro atoms. The van der Waals surface area contributed by atoms with Crippen molar-refractivity contribution in [3.63, 3.8) is 0 Å². The highest BCUT2D eigenvalue weighted by Crippen LogP contribution is 2.18. The summed E-state index contributed by atoms with van der Waals surface area (Å²) in [5, 5.41) is 1.98. The van der Waals surface area contributed by atoms with Crippen LogP contribution in [0, 0.1) is 0 Å². The Morgan fingerprint density at radius 2 is 2.04 bits per heavy atom. The molecule has 1 aliphatic rings. The first-order valence-electron chi connectivity index (χ1n) is 9.01. The van der Waals surface area contributed by atoms with Crippen molar-refractivity contribution in [2.75, 3.05) is 19.7 Å². The van der Waals surface area contributed by atoms with Crippen LogP contribution in [0.2, 0.25) is 0 Å². The van der Waals surface area contributed by atoms with Gasteiger partial charge in [0.15, 0.2) is 0 Å². The summed E-state index contributed by atoms with van der Waals surface area (Å²) in [6.45, 7) is 1.88. The van der Waals surface area contributed by atoms with E-state index in [0.717, 1.165) is 24.3 Å². The van der Waals surface area contributed by atoms with E-state index in [-0.39, 0.29) is 29.9 Å². The van der Waals surface area contributed by atoms with Gasteiger partial charge >= 0.3 is 0 Å². The highest BCUT2D eigenvalue weighted by atomic mass is 32.2. The number of nitrogens with one attached hydrogen (secondary N) is 1. The van der Waals surface area contributed by atoms with Crippen LogP contribution in [0.4, 0.5) is 0 Å². The average molecular weight is 409 g/mol. The zero-order valence-electron chi connectivity index (χ0n) is 15.0. The monoisotopic (exact) mass is 408 g/mol. The van der Waals surface area contributed by atoms with E-state index in [0.29, 0.717) is 13.1 Å². The minimum absolute atomic E-state index is 0.0647. The third-order valence-electron chi connectivity index (χ3n) is 4.41. The van der Waals surface area contributed by atoms with Gasteiger partial charge in [-0.05, 0) is 36.4 Å². The lowest BCUT2D eigenvalue weighted by atomic mass is 10.2. The van der Waals surface area contributed by atoms with Crippen LogP contribution in [-0.2, 0) is 26.1 Å². The number of carbonyl (C=O) groups excluding carboxylic acids is 1. The van der Waals surface area contributed by atoms with Gasteiger partial charge in [0.1, 0.15) is 0 Å². The van der Waals surface area contributed by atoms with Crippen molar-refractivity contribution in [3.8, 4) is 0 Å². The number of nitrogens with zero attached hydrogens (tertiary/aromatic N) is 1. The molecule has 1 aliphatic heterocycles. The van der Waals surface area contributed by atoms with Gasteiger partial charge < -0.3 is 9.64 Å². The molecule has 27 heavy (non-hydrogen) atoms. The largest absolute Gasteiger partial charge is 0.376 e. The Morgan fingerprint density at radius 3 is 2.70 bits per heavy atom. The van der Waals surface area contributed by atoms with E-state index in [9.17, 15) is 13.2 Å². The van der Waals surface area contributed by atoms with Crippen molar-refractivity contribution in [2.24, 2.45) is 0 Å². The predicted molar refractivity (Wildman–Crippen MR) is 105 cm³/mol. The van der Waals surface area contributed by atoms with Gasteiger partial charge in [-0.3, -0.25) is 4.79 Å². The van der Waals surface area contributed by atoms with Gasteiger partial charge in [-0.2, -0.15) is 0 Å². The molecular formula is C19H24N2O4S2. The number of rotatable bonds is 9. The molecule has 0 saturated carbocycles. The molecule has 8 heteroatoms. The number of amides is 1. The highest BCUT2D eigenvalue weighted by Gasteiger charge is 2.23. The van der Waals surface area contributed by atoms with E-state index in [1.54, 1.807) is 34.4 Å². The molecule has 146 valence electrons. The standard InChI is InChI=1S/C19H24N2O4S2/c22-19(10-11-20-27(23,24)18-8-2-1-3-9-18)21(14-16-6-4-12-25-16)15-17-7-5-13-26-17/h1-3,5,7-9,13,16,20H,4,6,10-12,14-15H2.